The zero-order chi connectivity index (χ0) is 10.4. The third-order valence-electron chi connectivity index (χ3n) is 1.32. The molecule has 1 aromatic heterocycles. The molecule has 0 saturated carbocycles. The molecule has 0 unspecified atom stereocenters. The minimum atomic E-state index is -0.626. The van der Waals surface area contributed by atoms with Crippen molar-refractivity contribution >= 4 is 5.82 Å². The zero-order valence-corrected chi connectivity index (χ0v) is 7.03. The first-order valence-electron chi connectivity index (χ1n) is 3.65. The van der Waals surface area contributed by atoms with E-state index in [9.17, 15) is 4.39 Å². The summed E-state index contributed by atoms with van der Waals surface area (Å²) in [4.78, 5) is 3.47. The molecule has 68 valence electrons. The van der Waals surface area contributed by atoms with Crippen molar-refractivity contribution in [2.45, 2.75) is 0 Å². The van der Waals surface area contributed by atoms with Crippen molar-refractivity contribution in [2.24, 2.45) is 0 Å². The number of hydrogen-bond donors (Lipinski definition) is 1. The summed E-state index contributed by atoms with van der Waals surface area (Å²) in [6.45, 7) is 0. The second-order valence-electron chi connectivity index (χ2n) is 2.27. The number of allylic oxidation sites excluding steroid dienone is 1. The minimum Gasteiger partial charge on any atom is -0.345 e. The van der Waals surface area contributed by atoms with E-state index >= 15 is 0 Å². The molecule has 0 radical (unpaired) electrons. The van der Waals surface area contributed by atoms with Crippen molar-refractivity contribution in [3.8, 4) is 12.1 Å². The second kappa shape index (κ2) is 4.58. The first kappa shape index (κ1) is 9.69. The summed E-state index contributed by atoms with van der Waals surface area (Å²) in [7, 11) is 0. The van der Waals surface area contributed by atoms with Crippen LogP contribution in [-0.2, 0) is 0 Å². The van der Waals surface area contributed by atoms with Crippen LogP contribution < -0.4 is 5.32 Å². The van der Waals surface area contributed by atoms with Crippen molar-refractivity contribution in [1.29, 1.82) is 10.5 Å². The molecule has 4 nitrogen and oxygen atoms in total. The summed E-state index contributed by atoms with van der Waals surface area (Å²) in [5.41, 5.74) is -0.101. The molecule has 5 heteroatoms. The normalized spacial score (nSPS) is 8.21. The molecule has 0 aliphatic rings. The highest BCUT2D eigenvalue weighted by Gasteiger charge is 1.95. The predicted octanol–water partition coefficient (Wildman–Crippen LogP) is 1.56. The maximum Gasteiger partial charge on any atom is 0.214 e. The largest absolute Gasteiger partial charge is 0.345 e. The Labute approximate surface area is 79.9 Å². The average Bonchev–Trinajstić information content (AvgIpc) is 2.19. The fourth-order valence-corrected chi connectivity index (χ4v) is 0.724. The Bertz CT molecular complexity index is 423. The molecule has 0 bridgehead atoms. The number of pyridine rings is 1. The Hall–Kier alpha value is -2.40. The van der Waals surface area contributed by atoms with E-state index in [1.165, 1.54) is 24.4 Å². The summed E-state index contributed by atoms with van der Waals surface area (Å²) in [5, 5.41) is 19.3. The Balaban J connectivity index is 2.77. The number of nitriles is 2. The summed E-state index contributed by atoms with van der Waals surface area (Å²) >= 11 is 0. The van der Waals surface area contributed by atoms with Crippen LogP contribution in [-0.4, -0.2) is 4.98 Å². The van der Waals surface area contributed by atoms with Gasteiger partial charge in [0.05, 0.1) is 0 Å². The monoisotopic (exact) mass is 188 g/mol. The number of nitrogens with one attached hydrogen (secondary N) is 1. The molecular formula is C9H5FN4. The smallest absolute Gasteiger partial charge is 0.214 e. The van der Waals surface area contributed by atoms with Gasteiger partial charge in [0.15, 0.2) is 0 Å². The molecule has 0 amide bonds. The fourth-order valence-electron chi connectivity index (χ4n) is 0.724. The Morgan fingerprint density at radius 2 is 2.14 bits per heavy atom. The van der Waals surface area contributed by atoms with E-state index < -0.39 is 5.95 Å². The van der Waals surface area contributed by atoms with E-state index in [0.717, 1.165) is 0 Å². The highest BCUT2D eigenvalue weighted by atomic mass is 19.1. The second-order valence-corrected chi connectivity index (χ2v) is 2.27. The lowest BCUT2D eigenvalue weighted by Gasteiger charge is -1.97. The number of halogens is 1. The maximum atomic E-state index is 12.6. The van der Waals surface area contributed by atoms with E-state index in [-0.39, 0.29) is 11.4 Å². The van der Waals surface area contributed by atoms with Crippen LogP contribution in [0.25, 0.3) is 0 Å². The van der Waals surface area contributed by atoms with Gasteiger partial charge in [-0.25, -0.2) is 4.98 Å². The van der Waals surface area contributed by atoms with Gasteiger partial charge in [-0.3, -0.25) is 0 Å². The van der Waals surface area contributed by atoms with E-state index in [1.54, 1.807) is 12.1 Å². The third-order valence-corrected chi connectivity index (χ3v) is 1.32. The lowest BCUT2D eigenvalue weighted by atomic mass is 10.3. The molecule has 0 spiro atoms. The first-order valence-corrected chi connectivity index (χ1v) is 3.65. The van der Waals surface area contributed by atoms with Crippen LogP contribution >= 0.6 is 0 Å². The maximum absolute atomic E-state index is 12.6. The van der Waals surface area contributed by atoms with Crippen LogP contribution in [0, 0.1) is 28.6 Å². The Morgan fingerprint density at radius 1 is 1.43 bits per heavy atom. The number of rotatable bonds is 2. The third kappa shape index (κ3) is 2.58. The molecule has 1 N–H and O–H groups in total. The predicted molar refractivity (Wildman–Crippen MR) is 47.1 cm³/mol. The van der Waals surface area contributed by atoms with Crippen molar-refractivity contribution < 1.29 is 4.39 Å². The van der Waals surface area contributed by atoms with Gasteiger partial charge in [-0.05, 0) is 12.1 Å². The van der Waals surface area contributed by atoms with Crippen molar-refractivity contribution in [2.75, 3.05) is 5.32 Å². The van der Waals surface area contributed by atoms with E-state index in [4.69, 9.17) is 10.5 Å². The molecule has 14 heavy (non-hydrogen) atoms. The Kier molecular flexibility index (Phi) is 3.17. The molecule has 1 rings (SSSR count). The van der Waals surface area contributed by atoms with Gasteiger partial charge < -0.3 is 5.32 Å². The van der Waals surface area contributed by atoms with Gasteiger partial charge >= 0.3 is 0 Å². The number of aromatic nitrogens is 1. The summed E-state index contributed by atoms with van der Waals surface area (Å²) in [6, 6.07) is 7.49. The van der Waals surface area contributed by atoms with Crippen LogP contribution in [0.15, 0.2) is 30.0 Å². The lowest BCUT2D eigenvalue weighted by molar-refractivity contribution is 0.585. The summed E-state index contributed by atoms with van der Waals surface area (Å²) < 4.78 is 12.6. The van der Waals surface area contributed by atoms with Gasteiger partial charge in [-0.2, -0.15) is 14.9 Å². The van der Waals surface area contributed by atoms with Crippen LogP contribution in [0.1, 0.15) is 0 Å². The number of nitrogens with zero attached hydrogens (tertiary/aromatic N) is 3. The molecule has 0 fully saturated rings. The van der Waals surface area contributed by atoms with E-state index in [1.807, 2.05) is 0 Å². The lowest BCUT2D eigenvalue weighted by Crippen LogP contribution is -1.94. The van der Waals surface area contributed by atoms with Crippen LogP contribution in [0.2, 0.25) is 0 Å². The molecule has 0 saturated heterocycles. The molecule has 1 aromatic rings. The molecular weight excluding hydrogens is 183 g/mol. The summed E-state index contributed by atoms with van der Waals surface area (Å²) in [6.07, 6.45) is 1.17. The zero-order valence-electron chi connectivity index (χ0n) is 7.03. The standard InChI is InChI=1S/C9H5FN4/c10-8-2-1-3-9(14-8)13-6-7(4-11)5-12/h1-3,6H,(H,13,14). The van der Waals surface area contributed by atoms with Gasteiger partial charge in [0.2, 0.25) is 5.95 Å². The van der Waals surface area contributed by atoms with Crippen molar-refractivity contribution in [3.05, 3.63) is 35.9 Å². The quantitative estimate of drug-likeness (QED) is 0.564. The molecule has 0 aliphatic carbocycles. The highest BCUT2D eigenvalue weighted by Crippen LogP contribution is 2.03. The Morgan fingerprint density at radius 3 is 2.71 bits per heavy atom. The van der Waals surface area contributed by atoms with E-state index in [0.29, 0.717) is 0 Å². The molecule has 1 heterocycles. The van der Waals surface area contributed by atoms with Crippen LogP contribution in [0.3, 0.4) is 0 Å². The molecule has 0 aliphatic heterocycles. The van der Waals surface area contributed by atoms with Gasteiger partial charge in [0, 0.05) is 6.20 Å². The minimum absolute atomic E-state index is 0.101. The molecule has 0 atom stereocenters. The average molecular weight is 188 g/mol. The SMILES string of the molecule is N#CC(C#N)=CNc1cccc(F)n1. The number of anilines is 1. The van der Waals surface area contributed by atoms with E-state index in [2.05, 4.69) is 10.3 Å². The molecule has 0 aromatic carbocycles. The first-order chi connectivity index (χ1) is 6.76. The van der Waals surface area contributed by atoms with Gasteiger partial charge in [0.25, 0.3) is 0 Å². The fraction of sp³-hybridized carbons (Fsp3) is 0. The van der Waals surface area contributed by atoms with Gasteiger partial charge in [0.1, 0.15) is 23.5 Å². The van der Waals surface area contributed by atoms with Crippen molar-refractivity contribution in [3.63, 3.8) is 0 Å². The highest BCUT2D eigenvalue weighted by molar-refractivity contribution is 5.44. The van der Waals surface area contributed by atoms with Crippen LogP contribution in [0.4, 0.5) is 10.2 Å². The van der Waals surface area contributed by atoms with Gasteiger partial charge in [-0.15, -0.1) is 0 Å². The topological polar surface area (TPSA) is 72.5 Å². The van der Waals surface area contributed by atoms with Gasteiger partial charge in [-0.1, -0.05) is 6.07 Å². The number of hydrogen-bond acceptors (Lipinski definition) is 4. The van der Waals surface area contributed by atoms with Crippen LogP contribution in [0.5, 0.6) is 0 Å². The summed E-state index contributed by atoms with van der Waals surface area (Å²) in [5.74, 6) is -0.383. The van der Waals surface area contributed by atoms with Crippen molar-refractivity contribution in [1.82, 2.24) is 4.98 Å².